The van der Waals surface area contributed by atoms with Crippen molar-refractivity contribution in [2.75, 3.05) is 38.5 Å². The number of carbonyl (C=O) groups excluding carboxylic acids is 2. The largest absolute Gasteiger partial charge is 0.337 e. The van der Waals surface area contributed by atoms with Crippen LogP contribution in [0.2, 0.25) is 0 Å². The summed E-state index contributed by atoms with van der Waals surface area (Å²) < 4.78 is 0. The zero-order chi connectivity index (χ0) is 20.9. The van der Waals surface area contributed by atoms with Gasteiger partial charge in [-0.05, 0) is 48.5 Å². The first-order valence-electron chi connectivity index (χ1n) is 10.4. The van der Waals surface area contributed by atoms with E-state index in [2.05, 4.69) is 17.3 Å². The molecule has 30 heavy (non-hydrogen) atoms. The molecule has 4 rings (SSSR count). The van der Waals surface area contributed by atoms with Crippen LogP contribution in [0.5, 0.6) is 0 Å². The van der Waals surface area contributed by atoms with Crippen LogP contribution in [0.15, 0.2) is 66.7 Å². The first kappa shape index (κ1) is 20.1. The molecule has 3 aromatic rings. The quantitative estimate of drug-likeness (QED) is 0.724. The molecule has 1 fully saturated rings. The number of nitrogens with one attached hydrogen (secondary N) is 1. The summed E-state index contributed by atoms with van der Waals surface area (Å²) in [6, 6.07) is 21.3. The zero-order valence-electron chi connectivity index (χ0n) is 17.3. The van der Waals surface area contributed by atoms with Gasteiger partial charge in [-0.3, -0.25) is 9.59 Å². The van der Waals surface area contributed by atoms with E-state index in [4.69, 9.17) is 0 Å². The second-order valence-electron chi connectivity index (χ2n) is 7.86. The maximum Gasteiger partial charge on any atom is 0.256 e. The first-order chi connectivity index (χ1) is 14.6. The summed E-state index contributed by atoms with van der Waals surface area (Å²) in [4.78, 5) is 30.1. The summed E-state index contributed by atoms with van der Waals surface area (Å²) in [5.74, 6) is -0.145. The van der Waals surface area contributed by atoms with Gasteiger partial charge in [0.15, 0.2) is 0 Å². The summed E-state index contributed by atoms with van der Waals surface area (Å²) in [7, 11) is 2.08. The number of amides is 2. The van der Waals surface area contributed by atoms with E-state index in [0.717, 1.165) is 42.4 Å². The van der Waals surface area contributed by atoms with Crippen molar-refractivity contribution in [3.63, 3.8) is 0 Å². The van der Waals surface area contributed by atoms with Crippen molar-refractivity contribution in [1.29, 1.82) is 0 Å². The molecule has 0 unspecified atom stereocenters. The highest BCUT2D eigenvalue weighted by Gasteiger charge is 2.21. The van der Waals surface area contributed by atoms with Gasteiger partial charge < -0.3 is 15.1 Å². The summed E-state index contributed by atoms with van der Waals surface area (Å²) in [6.45, 7) is 3.30. The van der Waals surface area contributed by atoms with E-state index < -0.39 is 0 Å². The molecule has 0 atom stereocenters. The van der Waals surface area contributed by atoms with Gasteiger partial charge >= 0.3 is 0 Å². The van der Waals surface area contributed by atoms with Crippen molar-refractivity contribution in [3.8, 4) is 0 Å². The van der Waals surface area contributed by atoms with Crippen LogP contribution < -0.4 is 5.32 Å². The monoisotopic (exact) mass is 401 g/mol. The van der Waals surface area contributed by atoms with Crippen LogP contribution in [0.25, 0.3) is 10.8 Å². The Labute approximate surface area is 177 Å². The Bertz CT molecular complexity index is 1060. The molecule has 0 aromatic heterocycles. The van der Waals surface area contributed by atoms with Crippen LogP contribution in [0.3, 0.4) is 0 Å². The maximum atomic E-state index is 13.2. The fourth-order valence-electron chi connectivity index (χ4n) is 4.01. The van der Waals surface area contributed by atoms with Crippen molar-refractivity contribution in [1.82, 2.24) is 9.80 Å². The minimum atomic E-state index is -0.123. The Morgan fingerprint density at radius 2 is 1.63 bits per heavy atom. The number of para-hydroxylation sites is 1. The van der Waals surface area contributed by atoms with Crippen molar-refractivity contribution in [2.24, 2.45) is 0 Å². The normalized spacial score (nSPS) is 15.0. The van der Waals surface area contributed by atoms with Crippen LogP contribution in [0.1, 0.15) is 22.3 Å². The molecule has 2 amide bonds. The molecule has 5 nitrogen and oxygen atoms in total. The molecule has 0 saturated carbocycles. The third-order valence-corrected chi connectivity index (χ3v) is 5.67. The molecular weight excluding hydrogens is 374 g/mol. The Kier molecular flexibility index (Phi) is 6.10. The van der Waals surface area contributed by atoms with Crippen LogP contribution >= 0.6 is 0 Å². The van der Waals surface area contributed by atoms with Gasteiger partial charge in [-0.1, -0.05) is 54.6 Å². The fourth-order valence-corrected chi connectivity index (χ4v) is 4.01. The summed E-state index contributed by atoms with van der Waals surface area (Å²) >= 11 is 0. The van der Waals surface area contributed by atoms with Gasteiger partial charge in [-0.2, -0.15) is 0 Å². The molecule has 0 bridgehead atoms. The minimum absolute atomic E-state index is 0.0219. The third kappa shape index (κ3) is 4.52. The molecule has 3 aromatic carbocycles. The average molecular weight is 402 g/mol. The topological polar surface area (TPSA) is 52.6 Å². The molecule has 5 heteroatoms. The van der Waals surface area contributed by atoms with E-state index in [9.17, 15) is 9.59 Å². The summed E-state index contributed by atoms with van der Waals surface area (Å²) in [6.07, 6.45) is 1.22. The number of hydrogen-bond acceptors (Lipinski definition) is 3. The number of anilines is 1. The zero-order valence-corrected chi connectivity index (χ0v) is 17.3. The van der Waals surface area contributed by atoms with E-state index in [-0.39, 0.29) is 18.2 Å². The van der Waals surface area contributed by atoms with Gasteiger partial charge in [0.25, 0.3) is 5.91 Å². The van der Waals surface area contributed by atoms with Crippen molar-refractivity contribution >= 4 is 28.3 Å². The van der Waals surface area contributed by atoms with E-state index in [1.807, 2.05) is 59.5 Å². The molecule has 0 radical (unpaired) electrons. The van der Waals surface area contributed by atoms with Crippen LogP contribution in [0.4, 0.5) is 5.69 Å². The fraction of sp³-hybridized carbons (Fsp3) is 0.280. The lowest BCUT2D eigenvalue weighted by molar-refractivity contribution is -0.115. The molecular formula is C25H27N3O2. The Morgan fingerprint density at radius 3 is 2.53 bits per heavy atom. The summed E-state index contributed by atoms with van der Waals surface area (Å²) in [5.41, 5.74) is 2.10. The van der Waals surface area contributed by atoms with Crippen molar-refractivity contribution < 1.29 is 9.59 Å². The Hall–Kier alpha value is -3.18. The maximum absolute atomic E-state index is 13.2. The van der Waals surface area contributed by atoms with Crippen LogP contribution in [-0.4, -0.2) is 54.8 Å². The van der Waals surface area contributed by atoms with Crippen molar-refractivity contribution in [3.05, 3.63) is 77.9 Å². The van der Waals surface area contributed by atoms with Crippen LogP contribution in [0, 0.1) is 0 Å². The number of benzene rings is 3. The first-order valence-corrected chi connectivity index (χ1v) is 10.4. The second-order valence-corrected chi connectivity index (χ2v) is 7.86. The molecule has 1 heterocycles. The molecule has 0 aliphatic carbocycles. The number of likely N-dealkylation sites (N-methyl/N-ethyl adjacent to an activating group) is 1. The van der Waals surface area contributed by atoms with Gasteiger partial charge in [0.1, 0.15) is 0 Å². The average Bonchev–Trinajstić information content (AvgIpc) is 2.98. The Balaban J connectivity index is 1.51. The molecule has 1 aliphatic heterocycles. The Morgan fingerprint density at radius 1 is 0.867 bits per heavy atom. The predicted octanol–water partition coefficient (Wildman–Crippen LogP) is 3.80. The number of rotatable bonds is 4. The molecule has 0 spiro atoms. The SMILES string of the molecule is CN1CCCN(C(=O)c2ccccc2NC(=O)Cc2cccc3ccccc23)CC1. The van der Waals surface area contributed by atoms with E-state index in [1.54, 1.807) is 12.1 Å². The second kappa shape index (κ2) is 9.09. The molecule has 1 aliphatic rings. The van der Waals surface area contributed by atoms with Crippen LogP contribution in [-0.2, 0) is 11.2 Å². The van der Waals surface area contributed by atoms with Gasteiger partial charge in [0.05, 0.1) is 17.7 Å². The highest BCUT2D eigenvalue weighted by Crippen LogP contribution is 2.21. The highest BCUT2D eigenvalue weighted by atomic mass is 16.2. The standard InChI is InChI=1S/C25H27N3O2/c1-27-14-7-15-28(17-16-27)25(30)22-12-4-5-13-23(22)26-24(29)18-20-10-6-9-19-8-2-3-11-21(19)20/h2-6,8-13H,7,14-18H2,1H3,(H,26,29). The number of hydrogen-bond donors (Lipinski definition) is 1. The van der Waals surface area contributed by atoms with E-state index in [1.165, 1.54) is 0 Å². The van der Waals surface area contributed by atoms with Gasteiger partial charge in [-0.15, -0.1) is 0 Å². The minimum Gasteiger partial charge on any atom is -0.337 e. The predicted molar refractivity (Wildman–Crippen MR) is 121 cm³/mol. The van der Waals surface area contributed by atoms with E-state index in [0.29, 0.717) is 17.8 Å². The summed E-state index contributed by atoms with van der Waals surface area (Å²) in [5, 5.41) is 5.16. The molecule has 1 N–H and O–H groups in total. The van der Waals surface area contributed by atoms with Gasteiger partial charge in [0, 0.05) is 19.6 Å². The van der Waals surface area contributed by atoms with E-state index >= 15 is 0 Å². The lowest BCUT2D eigenvalue weighted by Crippen LogP contribution is -2.35. The number of fused-ring (bicyclic) bond motifs is 1. The molecule has 1 saturated heterocycles. The lowest BCUT2D eigenvalue weighted by atomic mass is 10.0. The highest BCUT2D eigenvalue weighted by molar-refractivity contribution is 6.04. The molecule has 154 valence electrons. The smallest absolute Gasteiger partial charge is 0.256 e. The van der Waals surface area contributed by atoms with Crippen molar-refractivity contribution in [2.45, 2.75) is 12.8 Å². The number of nitrogens with zero attached hydrogens (tertiary/aromatic N) is 2. The number of carbonyl (C=O) groups is 2. The third-order valence-electron chi connectivity index (χ3n) is 5.67. The van der Waals surface area contributed by atoms with Gasteiger partial charge in [-0.25, -0.2) is 0 Å². The lowest BCUT2D eigenvalue weighted by Gasteiger charge is -2.22. The van der Waals surface area contributed by atoms with Gasteiger partial charge in [0.2, 0.25) is 5.91 Å².